The minimum absolute atomic E-state index is 0.660. The van der Waals surface area contributed by atoms with Gasteiger partial charge in [0.2, 0.25) is 0 Å². The average Bonchev–Trinajstić information content (AvgIpc) is 3.35. The van der Waals surface area contributed by atoms with Gasteiger partial charge in [-0.25, -0.2) is 15.0 Å². The first-order chi connectivity index (χ1) is 15.8. The fourth-order valence-corrected chi connectivity index (χ4v) is 3.86. The van der Waals surface area contributed by atoms with Crippen molar-refractivity contribution >= 4 is 28.3 Å². The normalized spacial score (nSPS) is 11.0. The average molecular weight is 440 g/mol. The summed E-state index contributed by atoms with van der Waals surface area (Å²) < 4.78 is 2.07. The van der Waals surface area contributed by atoms with Crippen LogP contribution in [0.15, 0.2) is 91.5 Å². The molecule has 0 atom stereocenters. The lowest BCUT2D eigenvalue weighted by Crippen LogP contribution is -2.08. The number of hydrogen-bond donors (Lipinski definition) is 1. The molecule has 0 saturated heterocycles. The molecule has 2 heterocycles. The predicted molar refractivity (Wildman–Crippen MR) is 131 cm³/mol. The molecule has 1 N–H and O–H groups in total. The Balaban J connectivity index is 1.42. The molecule has 0 saturated carbocycles. The van der Waals surface area contributed by atoms with Gasteiger partial charge in [-0.3, -0.25) is 0 Å². The number of aromatic nitrogens is 4. The highest BCUT2D eigenvalue weighted by Crippen LogP contribution is 2.28. The minimum atomic E-state index is 0.660. The highest BCUT2D eigenvalue weighted by atomic mass is 35.5. The van der Waals surface area contributed by atoms with Gasteiger partial charge in [0.1, 0.15) is 5.82 Å². The molecular weight excluding hydrogens is 418 g/mol. The van der Waals surface area contributed by atoms with Gasteiger partial charge in [-0.2, -0.15) is 0 Å². The van der Waals surface area contributed by atoms with E-state index in [2.05, 4.69) is 51.3 Å². The molecule has 158 valence electrons. The van der Waals surface area contributed by atoms with Crippen LogP contribution in [0.2, 0.25) is 5.02 Å². The van der Waals surface area contributed by atoms with Crippen LogP contribution in [0.25, 0.3) is 33.4 Å². The van der Waals surface area contributed by atoms with Crippen molar-refractivity contribution in [2.45, 2.75) is 13.0 Å². The SMILES string of the molecule is Clc1ccc2c(NCCCn3ccnc3)nc(-c3ccc(-c4ccccc4)cc3)nc2c1. The maximum Gasteiger partial charge on any atom is 0.162 e. The third-order valence-electron chi connectivity index (χ3n) is 5.35. The van der Waals surface area contributed by atoms with E-state index in [9.17, 15) is 0 Å². The Hall–Kier alpha value is -3.70. The summed E-state index contributed by atoms with van der Waals surface area (Å²) >= 11 is 6.25. The van der Waals surface area contributed by atoms with Crippen LogP contribution >= 0.6 is 11.6 Å². The Morgan fingerprint density at radius 3 is 2.41 bits per heavy atom. The van der Waals surface area contributed by atoms with Crippen molar-refractivity contribution in [2.75, 3.05) is 11.9 Å². The molecule has 5 nitrogen and oxygen atoms in total. The van der Waals surface area contributed by atoms with Gasteiger partial charge in [-0.05, 0) is 35.7 Å². The second kappa shape index (κ2) is 9.20. The van der Waals surface area contributed by atoms with E-state index in [0.717, 1.165) is 47.4 Å². The fourth-order valence-electron chi connectivity index (χ4n) is 3.70. The van der Waals surface area contributed by atoms with E-state index in [1.165, 1.54) is 5.56 Å². The zero-order valence-electron chi connectivity index (χ0n) is 17.4. The van der Waals surface area contributed by atoms with E-state index >= 15 is 0 Å². The van der Waals surface area contributed by atoms with Crippen LogP contribution in [0.5, 0.6) is 0 Å². The minimum Gasteiger partial charge on any atom is -0.369 e. The number of benzene rings is 3. The molecule has 0 amide bonds. The highest BCUT2D eigenvalue weighted by Gasteiger charge is 2.10. The van der Waals surface area contributed by atoms with Gasteiger partial charge < -0.3 is 9.88 Å². The fraction of sp³-hybridized carbons (Fsp3) is 0.115. The van der Waals surface area contributed by atoms with Crippen molar-refractivity contribution in [3.05, 3.63) is 96.5 Å². The first kappa shape index (κ1) is 20.2. The van der Waals surface area contributed by atoms with Crippen molar-refractivity contribution in [1.29, 1.82) is 0 Å². The molecule has 0 bridgehead atoms. The molecule has 0 radical (unpaired) electrons. The monoisotopic (exact) mass is 439 g/mol. The van der Waals surface area contributed by atoms with Gasteiger partial charge in [0.15, 0.2) is 5.82 Å². The molecule has 0 aliphatic rings. The molecule has 32 heavy (non-hydrogen) atoms. The molecule has 0 aliphatic carbocycles. The summed E-state index contributed by atoms with van der Waals surface area (Å²) in [6, 6.07) is 24.4. The number of halogens is 1. The Kier molecular flexibility index (Phi) is 5.81. The molecular formula is C26H22ClN5. The van der Waals surface area contributed by atoms with Gasteiger partial charge in [0.25, 0.3) is 0 Å². The number of hydrogen-bond acceptors (Lipinski definition) is 4. The van der Waals surface area contributed by atoms with Crippen molar-refractivity contribution in [1.82, 2.24) is 19.5 Å². The van der Waals surface area contributed by atoms with E-state index in [0.29, 0.717) is 10.8 Å². The van der Waals surface area contributed by atoms with Crippen LogP contribution in [0.3, 0.4) is 0 Å². The summed E-state index contributed by atoms with van der Waals surface area (Å²) in [6.07, 6.45) is 6.56. The van der Waals surface area contributed by atoms with Crippen LogP contribution in [0.1, 0.15) is 6.42 Å². The molecule has 0 unspecified atom stereocenters. The van der Waals surface area contributed by atoms with E-state index < -0.39 is 0 Å². The van der Waals surface area contributed by atoms with E-state index in [1.807, 2.05) is 48.9 Å². The summed E-state index contributed by atoms with van der Waals surface area (Å²) in [7, 11) is 0. The van der Waals surface area contributed by atoms with Gasteiger partial charge in [0, 0.05) is 41.5 Å². The highest BCUT2D eigenvalue weighted by molar-refractivity contribution is 6.31. The quantitative estimate of drug-likeness (QED) is 0.301. The second-order valence-corrected chi connectivity index (χ2v) is 8.02. The van der Waals surface area contributed by atoms with Crippen molar-refractivity contribution in [3.8, 4) is 22.5 Å². The summed E-state index contributed by atoms with van der Waals surface area (Å²) in [4.78, 5) is 13.7. The van der Waals surface area contributed by atoms with Crippen LogP contribution in [0.4, 0.5) is 5.82 Å². The lowest BCUT2D eigenvalue weighted by Gasteiger charge is -2.12. The Morgan fingerprint density at radius 2 is 1.62 bits per heavy atom. The standard InChI is InChI=1S/C26H22ClN5/c27-22-11-12-23-24(17-22)30-25(31-26(23)29-13-4-15-32-16-14-28-18-32)21-9-7-20(8-10-21)19-5-2-1-3-6-19/h1-3,5-12,14,16-18H,4,13,15H2,(H,29,30,31). The second-order valence-electron chi connectivity index (χ2n) is 7.58. The number of imidazole rings is 1. The predicted octanol–water partition coefficient (Wildman–Crippen LogP) is 6.32. The lowest BCUT2D eigenvalue weighted by atomic mass is 10.0. The van der Waals surface area contributed by atoms with Crippen molar-refractivity contribution in [2.24, 2.45) is 0 Å². The number of nitrogens with zero attached hydrogens (tertiary/aromatic N) is 4. The molecule has 0 fully saturated rings. The largest absolute Gasteiger partial charge is 0.369 e. The molecule has 2 aromatic heterocycles. The van der Waals surface area contributed by atoms with Crippen LogP contribution < -0.4 is 5.32 Å². The summed E-state index contributed by atoms with van der Waals surface area (Å²) in [6.45, 7) is 1.69. The van der Waals surface area contributed by atoms with Gasteiger partial charge in [-0.1, -0.05) is 66.2 Å². The zero-order valence-corrected chi connectivity index (χ0v) is 18.2. The maximum atomic E-state index is 6.25. The number of nitrogens with one attached hydrogen (secondary N) is 1. The van der Waals surface area contributed by atoms with Gasteiger partial charge in [-0.15, -0.1) is 0 Å². The van der Waals surface area contributed by atoms with Crippen LogP contribution in [-0.2, 0) is 6.54 Å². The van der Waals surface area contributed by atoms with Crippen LogP contribution in [-0.4, -0.2) is 26.1 Å². The first-order valence-corrected chi connectivity index (χ1v) is 11.0. The van der Waals surface area contributed by atoms with Gasteiger partial charge >= 0.3 is 0 Å². The third-order valence-corrected chi connectivity index (χ3v) is 5.59. The molecule has 0 aliphatic heterocycles. The molecule has 5 aromatic rings. The molecule has 6 heteroatoms. The number of aryl methyl sites for hydroxylation is 1. The Bertz CT molecular complexity index is 1320. The summed E-state index contributed by atoms with van der Waals surface area (Å²) in [5, 5.41) is 5.11. The number of fused-ring (bicyclic) bond motifs is 1. The van der Waals surface area contributed by atoms with Crippen molar-refractivity contribution in [3.63, 3.8) is 0 Å². The van der Waals surface area contributed by atoms with E-state index in [1.54, 1.807) is 6.20 Å². The Morgan fingerprint density at radius 1 is 0.844 bits per heavy atom. The zero-order chi connectivity index (χ0) is 21.8. The molecule has 3 aromatic carbocycles. The summed E-state index contributed by atoms with van der Waals surface area (Å²) in [5.74, 6) is 1.50. The maximum absolute atomic E-state index is 6.25. The van der Waals surface area contributed by atoms with Gasteiger partial charge in [0.05, 0.1) is 11.8 Å². The molecule has 0 spiro atoms. The summed E-state index contributed by atoms with van der Waals surface area (Å²) in [5.41, 5.74) is 4.14. The Labute approximate surface area is 191 Å². The first-order valence-electron chi connectivity index (χ1n) is 10.6. The smallest absolute Gasteiger partial charge is 0.162 e. The third kappa shape index (κ3) is 4.48. The topological polar surface area (TPSA) is 55.6 Å². The number of rotatable bonds is 7. The van der Waals surface area contributed by atoms with E-state index in [-0.39, 0.29) is 0 Å². The molecule has 5 rings (SSSR count). The van der Waals surface area contributed by atoms with Crippen LogP contribution in [0, 0.1) is 0 Å². The lowest BCUT2D eigenvalue weighted by molar-refractivity contribution is 0.660. The van der Waals surface area contributed by atoms with Crippen molar-refractivity contribution < 1.29 is 0 Å². The number of anilines is 1. The van der Waals surface area contributed by atoms with E-state index in [4.69, 9.17) is 21.6 Å².